The molecule has 18 aliphatic rings. The fraction of sp³-hybridized carbons (Fsp3) is 0.490. The van der Waals surface area contributed by atoms with Gasteiger partial charge in [-0.25, -0.2) is 19.2 Å². The zero-order valence-electron chi connectivity index (χ0n) is 80.0. The number of aliphatic hydroxyl groups excluding tert-OH is 4. The normalized spacial score (nSPS) is 35.8. The predicted octanol–water partition coefficient (Wildman–Crippen LogP) is 1.06. The van der Waals surface area contributed by atoms with E-state index in [0.717, 1.165) is 45.6 Å². The Bertz CT molecular complexity index is 6440. The molecule has 5 aromatic carbocycles. The van der Waals surface area contributed by atoms with Crippen molar-refractivity contribution < 1.29 is 149 Å². The molecule has 0 saturated carbocycles. The van der Waals surface area contributed by atoms with E-state index in [1.165, 1.54) is 81.7 Å². The Balaban J connectivity index is 0.000000127. The van der Waals surface area contributed by atoms with Crippen molar-refractivity contribution in [3.05, 3.63) is 334 Å². The second kappa shape index (κ2) is 42.7. The van der Waals surface area contributed by atoms with E-state index in [1.54, 1.807) is 17.7 Å². The molecule has 3 spiro atoms. The molecule has 754 valence electrons. The van der Waals surface area contributed by atoms with E-state index in [9.17, 15) is 63.6 Å². The van der Waals surface area contributed by atoms with Crippen LogP contribution in [0.15, 0.2) is 256 Å². The summed E-state index contributed by atoms with van der Waals surface area (Å²) in [6.07, 6.45) is -2.48. The molecule has 142 heavy (non-hydrogen) atoms. The summed E-state index contributed by atoms with van der Waals surface area (Å²) in [6.45, 7) is 8.90. The number of nitrogens with one attached hydrogen (secondary N) is 4. The molecule has 10 aromatic rings. The number of hydrogen-bond acceptors (Lipinski definition) is 34. The van der Waals surface area contributed by atoms with Gasteiger partial charge < -0.3 is 117 Å². The summed E-state index contributed by atoms with van der Waals surface area (Å²) in [7, 11) is 0. The fourth-order valence-corrected chi connectivity index (χ4v) is 20.6. The minimum absolute atomic E-state index is 0. The molecule has 29 atom stereocenters. The van der Waals surface area contributed by atoms with Crippen molar-refractivity contribution in [3.8, 4) is 6.01 Å². The quantitative estimate of drug-likeness (QED) is 0.0839. The monoisotopic (exact) mass is 1980 g/mol. The molecular weight excluding hydrogens is 1870 g/mol. The van der Waals surface area contributed by atoms with E-state index >= 15 is 0 Å². The number of benzene rings is 5. The van der Waals surface area contributed by atoms with Crippen LogP contribution in [-0.2, 0) is 90.0 Å². The molecule has 17 saturated heterocycles. The van der Waals surface area contributed by atoms with E-state index in [0.29, 0.717) is 32.8 Å². The predicted molar refractivity (Wildman–Crippen MR) is 490 cm³/mol. The van der Waals surface area contributed by atoms with E-state index in [4.69, 9.17) is 97.7 Å². The molecule has 6 bridgehead atoms. The number of aliphatic hydroxyl groups is 4. The Morgan fingerprint density at radius 1 is 0.373 bits per heavy atom. The topological polar surface area (TPSA) is 520 Å². The average Bonchev–Trinajstić information content (AvgIpc) is 1.50. The summed E-state index contributed by atoms with van der Waals surface area (Å²) in [5.74, 6) is -0.630. The van der Waals surface area contributed by atoms with Crippen LogP contribution in [-0.4, -0.2) is 243 Å². The second-order valence-corrected chi connectivity index (χ2v) is 36.9. The van der Waals surface area contributed by atoms with Crippen LogP contribution in [0.5, 0.6) is 6.01 Å². The number of rotatable bonds is 11. The van der Waals surface area contributed by atoms with Gasteiger partial charge in [-0.3, -0.25) is 66.7 Å². The molecule has 0 amide bonds. The molecule has 8 N–H and O–H groups in total. The molecule has 18 aliphatic heterocycles. The van der Waals surface area contributed by atoms with Crippen LogP contribution in [0.1, 0.15) is 142 Å². The van der Waals surface area contributed by atoms with Crippen molar-refractivity contribution >= 4 is 0 Å². The molecular formula is C98H113N10NaO33. The summed E-state index contributed by atoms with van der Waals surface area (Å²) in [4.78, 5) is 118. The van der Waals surface area contributed by atoms with Gasteiger partial charge in [0.25, 0.3) is 27.8 Å². The molecule has 5 aromatic heterocycles. The van der Waals surface area contributed by atoms with E-state index in [1.807, 2.05) is 166 Å². The van der Waals surface area contributed by atoms with Crippen molar-refractivity contribution in [3.63, 3.8) is 0 Å². The number of nitrogens with zero attached hydrogens (tertiary/aromatic N) is 6. The van der Waals surface area contributed by atoms with Gasteiger partial charge in [-0.15, -0.1) is 0 Å². The Morgan fingerprint density at radius 2 is 0.718 bits per heavy atom. The largest absolute Gasteiger partial charge is 1.00 e. The van der Waals surface area contributed by atoms with Gasteiger partial charge >= 0.3 is 58.3 Å². The molecule has 43 nitrogen and oxygen atoms in total. The van der Waals surface area contributed by atoms with Crippen LogP contribution < -0.4 is 84.8 Å². The van der Waals surface area contributed by atoms with Crippen LogP contribution in [0, 0.1) is 17.8 Å². The zero-order valence-corrected chi connectivity index (χ0v) is 79.0. The van der Waals surface area contributed by atoms with Gasteiger partial charge in [-0.1, -0.05) is 180 Å². The molecule has 23 heterocycles. The Morgan fingerprint density at radius 3 is 1.16 bits per heavy atom. The third-order valence-electron chi connectivity index (χ3n) is 27.9. The zero-order chi connectivity index (χ0) is 98.9. The van der Waals surface area contributed by atoms with Crippen LogP contribution in [0.4, 0.5) is 0 Å². The van der Waals surface area contributed by atoms with Crippen molar-refractivity contribution in [1.29, 1.82) is 0 Å². The third-order valence-corrected chi connectivity index (χ3v) is 27.9. The number of aromatic nitrogens is 10. The number of H-pyrrole nitrogens is 4. The molecule has 44 heteroatoms. The minimum Gasteiger partial charge on any atom is -1.00 e. The number of hydrogen-bond donors (Lipinski definition) is 8. The van der Waals surface area contributed by atoms with Gasteiger partial charge in [0, 0.05) is 129 Å². The fourth-order valence-electron chi connectivity index (χ4n) is 20.6. The first-order chi connectivity index (χ1) is 68.8. The molecule has 0 radical (unpaired) electrons. The van der Waals surface area contributed by atoms with Crippen LogP contribution in [0.3, 0.4) is 0 Å². The summed E-state index contributed by atoms with van der Waals surface area (Å²) in [5.41, 5.74) is -5.12. The molecule has 17 fully saturated rings. The second-order valence-electron chi connectivity index (χ2n) is 36.9. The average molecular weight is 1980 g/mol. The van der Waals surface area contributed by atoms with Gasteiger partial charge in [0.15, 0.2) is 68.7 Å². The molecule has 28 rings (SSSR count). The maximum atomic E-state index is 12.2. The van der Waals surface area contributed by atoms with Gasteiger partial charge in [0.05, 0.1) is 84.4 Å². The SMILES string of the molecule is C.C1CCOC1.C[C@@H]1[C@@H](O)[C@H](n2ccc(=O)[nH]c2=O)O[C@]2(CO)CO[C@@H](c3ccccc3)O[C@@H]12.C[C@@H]1[C@@H]2Oc3nc(=O)ccn3[C@@H]2O[C@]2(CO)CO[C@@H](c3ccccc3)O[C@@H]12.C[C@@H]1[C@H]2OC[C@]3(CO[C@@H](c4ccccc4)O[C@@H]13)O[C@H]2n1ccc(=O)[nH]c1=O.O=c1ccn([C@@H]2O[C@]34CO[C@@H](c5ccccc5)O[C@H]3C[C@H]2OC4)c(=O)[nH]1.O=c1ccn([C@@H]2O[C@]34CO[C@@H](c5ccccc5)O[C@H]3[C@H](O)[C@H]2OC4)c(=O)[nH]1.[2H][2H].[H-].[Na+]. The van der Waals surface area contributed by atoms with Crippen molar-refractivity contribution in [1.82, 2.24) is 47.8 Å². The van der Waals surface area contributed by atoms with Crippen LogP contribution >= 0.6 is 0 Å². The Labute approximate surface area is 835 Å². The minimum atomic E-state index is -1.26. The maximum absolute atomic E-state index is 12.2. The van der Waals surface area contributed by atoms with Crippen LogP contribution in [0.25, 0.3) is 0 Å². The van der Waals surface area contributed by atoms with Gasteiger partial charge in [-0.2, -0.15) is 4.98 Å². The third kappa shape index (κ3) is 19.8. The number of ether oxygens (including phenoxy) is 20. The summed E-state index contributed by atoms with van der Waals surface area (Å²) < 4.78 is 136. The number of fused-ring (bicyclic) bond motifs is 11. The molecule has 0 aliphatic carbocycles. The maximum Gasteiger partial charge on any atom is 1.00 e. The number of aromatic amines is 4. The Hall–Kier alpha value is -10.4. The van der Waals surface area contributed by atoms with E-state index in [2.05, 4.69) is 24.9 Å². The smallest absolute Gasteiger partial charge is 1.00 e. The van der Waals surface area contributed by atoms with E-state index in [-0.39, 0.29) is 125 Å². The van der Waals surface area contributed by atoms with Crippen molar-refractivity contribution in [2.24, 2.45) is 17.8 Å². The van der Waals surface area contributed by atoms with Crippen molar-refractivity contribution in [2.45, 2.75) is 205 Å². The van der Waals surface area contributed by atoms with Crippen molar-refractivity contribution in [2.75, 3.05) is 79.3 Å². The first kappa shape index (κ1) is 100. The van der Waals surface area contributed by atoms with Crippen LogP contribution in [0.2, 0.25) is 0 Å². The first-order valence-electron chi connectivity index (χ1n) is 47.4. The molecule has 0 unspecified atom stereocenters. The summed E-state index contributed by atoms with van der Waals surface area (Å²) in [5, 5.41) is 41.9. The summed E-state index contributed by atoms with van der Waals surface area (Å²) in [6, 6.07) is 54.5. The summed E-state index contributed by atoms with van der Waals surface area (Å²) >= 11 is 0. The Kier molecular flexibility index (Phi) is 30.2. The first-order valence-corrected chi connectivity index (χ1v) is 46.4. The standard InChI is InChI=1S/C19H22N2O7.2C19H20N2O6.C18H18N2O7.C18H18N2O6.C4H8O.CH4.Na.H2.H/c1-11-14(24)16(21-8-7-13(23)20-18(21)25)28-19(9-22)10-26-17(27-15(11)19)12-5-3-2-4-6-12;1-11-14-16(21-8-7-13(22)20-18(21)23)27-19(9-24-14)10-25-17(26-15(11)19)12-5-3-2-4-6-12;1-11-14-16(21-8-7-13(23)20-18(21)25-14)27-19(9-22)10-24-17(26-15(11)19)12-5-3-2-4-6-12;21-11-6-7-20(17(23)19-11)15-13-12(22)14-18(27-15,8-24-13)9-25-16(26-14)10-4-2-1-3-5-10;21-14-6-7-20(17(22)19-14)15-12-8-13-18(26-15,9-23-12)10-24-16(25-13)11-4-2-1-3-5-11;1-2-4-5-3-1;;;;/h2-8,11,14-17,22,24H,9-10H2,1H3,(H,20,23,25);2-8,11,14-17H,9-10H2,1H3,(H,20,22,23);2-8,11,14-17,22H,9-10H2,1H3;1-7,12-16,22H,8-9H2,(H,19,21,23);1-7,12-13,15-16H,8-10H2,(H,19,21,22);1-4H2;1H4;;1H;/q;;;;;;;+1;;-1/t2*11-,14-,15+,16-,17-,19-;11-,14+,15+,16-,17-,19-;12-,13-,14+,15-,16-,18-;12-,13+,15-,16-,18-;;;;;/m11111...../s1/i;;;;;;;;1+1D;. The van der Waals surface area contributed by atoms with Gasteiger partial charge in [0.2, 0.25) is 0 Å². The van der Waals surface area contributed by atoms with Gasteiger partial charge in [0.1, 0.15) is 70.7 Å². The van der Waals surface area contributed by atoms with Gasteiger partial charge in [-0.05, 0) is 12.8 Å². The van der Waals surface area contributed by atoms with E-state index < -0.39 is 185 Å².